The summed E-state index contributed by atoms with van der Waals surface area (Å²) in [7, 11) is 2.92. The predicted molar refractivity (Wildman–Crippen MR) is 172 cm³/mol. The molecule has 6 heteroatoms. The van der Waals surface area contributed by atoms with Crippen LogP contribution in [-0.2, 0) is 23.8 Å². The molecule has 0 heterocycles. The SMILES string of the molecule is CCCCCC(CC)OC(=O)C(=Cc1ccccc1)OC.CCCCCCCCC(=C(OC)C(=O)O)c1ccccc1. The van der Waals surface area contributed by atoms with E-state index in [2.05, 4.69) is 13.8 Å². The van der Waals surface area contributed by atoms with E-state index in [4.69, 9.17) is 14.2 Å². The van der Waals surface area contributed by atoms with Crippen molar-refractivity contribution in [2.24, 2.45) is 0 Å². The Kier molecular flexibility index (Phi) is 20.0. The maximum atomic E-state index is 12.2. The number of carbonyl (C=O) groups excluding carboxylic acids is 1. The zero-order valence-electron chi connectivity index (χ0n) is 26.4. The van der Waals surface area contributed by atoms with E-state index >= 15 is 0 Å². The molecular formula is C36H52O6. The second-order valence-electron chi connectivity index (χ2n) is 10.3. The van der Waals surface area contributed by atoms with E-state index in [1.807, 2.05) is 67.6 Å². The molecule has 1 atom stereocenters. The molecule has 0 fully saturated rings. The van der Waals surface area contributed by atoms with E-state index in [-0.39, 0.29) is 23.6 Å². The molecule has 1 N–H and O–H groups in total. The van der Waals surface area contributed by atoms with Gasteiger partial charge in [0.1, 0.15) is 6.10 Å². The van der Waals surface area contributed by atoms with Crippen LogP contribution in [0.4, 0.5) is 0 Å². The van der Waals surface area contributed by atoms with Crippen LogP contribution in [-0.4, -0.2) is 37.4 Å². The molecule has 0 aliphatic carbocycles. The number of carboxylic acids is 1. The van der Waals surface area contributed by atoms with Crippen LogP contribution in [0.25, 0.3) is 11.6 Å². The van der Waals surface area contributed by atoms with Crippen LogP contribution < -0.4 is 0 Å². The van der Waals surface area contributed by atoms with Crippen molar-refractivity contribution in [3.63, 3.8) is 0 Å². The first kappa shape index (κ1) is 36.5. The Morgan fingerprint density at radius 3 is 1.88 bits per heavy atom. The summed E-state index contributed by atoms with van der Waals surface area (Å²) in [5.74, 6) is -1.07. The van der Waals surface area contributed by atoms with Gasteiger partial charge in [0.2, 0.25) is 11.5 Å². The normalized spacial score (nSPS) is 12.4. The summed E-state index contributed by atoms with van der Waals surface area (Å²) in [6.45, 7) is 6.41. The van der Waals surface area contributed by atoms with Gasteiger partial charge in [-0.3, -0.25) is 0 Å². The minimum Gasteiger partial charge on any atom is -0.490 e. The lowest BCUT2D eigenvalue weighted by Gasteiger charge is -2.16. The summed E-state index contributed by atoms with van der Waals surface area (Å²) in [5.41, 5.74) is 2.65. The van der Waals surface area contributed by atoms with Crippen LogP contribution in [0.3, 0.4) is 0 Å². The third-order valence-corrected chi connectivity index (χ3v) is 6.95. The fourth-order valence-corrected chi connectivity index (χ4v) is 4.53. The van der Waals surface area contributed by atoms with Gasteiger partial charge in [-0.2, -0.15) is 0 Å². The number of unbranched alkanes of at least 4 members (excludes halogenated alkanes) is 7. The van der Waals surface area contributed by atoms with Crippen molar-refractivity contribution < 1.29 is 28.9 Å². The van der Waals surface area contributed by atoms with Crippen molar-refractivity contribution in [2.45, 2.75) is 104 Å². The van der Waals surface area contributed by atoms with E-state index in [0.717, 1.165) is 55.2 Å². The zero-order chi connectivity index (χ0) is 31.0. The first-order chi connectivity index (χ1) is 20.4. The quantitative estimate of drug-likeness (QED) is 0.0771. The highest BCUT2D eigenvalue weighted by molar-refractivity contribution is 5.94. The van der Waals surface area contributed by atoms with Gasteiger partial charge in [-0.1, -0.05) is 126 Å². The molecule has 2 aromatic rings. The monoisotopic (exact) mass is 580 g/mol. The lowest BCUT2D eigenvalue weighted by atomic mass is 9.97. The number of esters is 1. The van der Waals surface area contributed by atoms with Gasteiger partial charge in [-0.15, -0.1) is 0 Å². The van der Waals surface area contributed by atoms with Crippen molar-refractivity contribution in [1.82, 2.24) is 0 Å². The summed E-state index contributed by atoms with van der Waals surface area (Å²) in [4.78, 5) is 23.5. The minimum atomic E-state index is -0.998. The van der Waals surface area contributed by atoms with E-state index in [0.29, 0.717) is 0 Å². The lowest BCUT2D eigenvalue weighted by molar-refractivity contribution is -0.148. The molecule has 0 aliphatic rings. The van der Waals surface area contributed by atoms with Crippen molar-refractivity contribution in [2.75, 3.05) is 14.2 Å². The third-order valence-electron chi connectivity index (χ3n) is 6.95. The smallest absolute Gasteiger partial charge is 0.373 e. The number of aliphatic carboxylic acids is 1. The minimum absolute atomic E-state index is 0.0293. The molecule has 0 amide bonds. The average molecular weight is 581 g/mol. The van der Waals surface area contributed by atoms with Crippen molar-refractivity contribution in [3.8, 4) is 0 Å². The molecule has 6 nitrogen and oxygen atoms in total. The van der Waals surface area contributed by atoms with Crippen LogP contribution in [0, 0.1) is 0 Å². The van der Waals surface area contributed by atoms with Crippen molar-refractivity contribution in [3.05, 3.63) is 83.3 Å². The van der Waals surface area contributed by atoms with Gasteiger partial charge in [-0.25, -0.2) is 9.59 Å². The number of rotatable bonds is 19. The largest absolute Gasteiger partial charge is 0.490 e. The Morgan fingerprint density at radius 1 is 0.762 bits per heavy atom. The number of allylic oxidation sites excluding steroid dienone is 1. The average Bonchev–Trinajstić information content (AvgIpc) is 3.01. The maximum Gasteiger partial charge on any atom is 0.373 e. The maximum absolute atomic E-state index is 12.2. The first-order valence-corrected chi connectivity index (χ1v) is 15.5. The number of carbonyl (C=O) groups is 2. The van der Waals surface area contributed by atoms with E-state index in [1.165, 1.54) is 52.7 Å². The molecule has 0 bridgehead atoms. The number of methoxy groups -OCH3 is 2. The Morgan fingerprint density at radius 2 is 1.33 bits per heavy atom. The zero-order valence-corrected chi connectivity index (χ0v) is 26.4. The van der Waals surface area contributed by atoms with Crippen LogP contribution in [0.2, 0.25) is 0 Å². The van der Waals surface area contributed by atoms with E-state index < -0.39 is 5.97 Å². The van der Waals surface area contributed by atoms with Gasteiger partial charge in [0.05, 0.1) is 14.2 Å². The van der Waals surface area contributed by atoms with Crippen LogP contribution in [0.1, 0.15) is 109 Å². The van der Waals surface area contributed by atoms with Gasteiger partial charge in [-0.05, 0) is 49.3 Å². The molecular weight excluding hydrogens is 528 g/mol. The molecule has 0 saturated carbocycles. The van der Waals surface area contributed by atoms with E-state index in [9.17, 15) is 14.7 Å². The Hall–Kier alpha value is -3.54. The highest BCUT2D eigenvalue weighted by Gasteiger charge is 2.18. The topological polar surface area (TPSA) is 82.1 Å². The van der Waals surface area contributed by atoms with Gasteiger partial charge in [0.15, 0.2) is 0 Å². The van der Waals surface area contributed by atoms with E-state index in [1.54, 1.807) is 6.08 Å². The first-order valence-electron chi connectivity index (χ1n) is 15.5. The fourth-order valence-electron chi connectivity index (χ4n) is 4.53. The van der Waals surface area contributed by atoms with Crippen LogP contribution >= 0.6 is 0 Å². The molecule has 0 saturated heterocycles. The summed E-state index contributed by atoms with van der Waals surface area (Å²) < 4.78 is 15.8. The molecule has 2 rings (SSSR count). The number of benzene rings is 2. The molecule has 0 radical (unpaired) electrons. The van der Waals surface area contributed by atoms with Crippen LogP contribution in [0.5, 0.6) is 0 Å². The van der Waals surface area contributed by atoms with Gasteiger partial charge >= 0.3 is 11.9 Å². The summed E-state index contributed by atoms with van der Waals surface area (Å²) in [5, 5.41) is 9.29. The Bertz CT molecular complexity index is 1060. The standard InChI is InChI=1S/2C18H26O3/c1-4-6-8-13-16(5-2)21-18(19)17(20-3)14-15-11-9-7-10-12-15;1-3-4-5-6-7-11-14-16(17(21-2)18(19)20)15-12-9-8-10-13-15/h7,9-12,14,16H,4-6,8,13H2,1-3H3;8-10,12-13H,3-7,11,14H2,1-2H3,(H,19,20). The van der Waals surface area contributed by atoms with Crippen molar-refractivity contribution >= 4 is 23.6 Å². The predicted octanol–water partition coefficient (Wildman–Crippen LogP) is 9.46. The van der Waals surface area contributed by atoms with Gasteiger partial charge in [0.25, 0.3) is 0 Å². The highest BCUT2D eigenvalue weighted by atomic mass is 16.6. The number of ether oxygens (including phenoxy) is 3. The highest BCUT2D eigenvalue weighted by Crippen LogP contribution is 2.26. The van der Waals surface area contributed by atoms with Crippen LogP contribution in [0.15, 0.2) is 72.2 Å². The number of carboxylic acid groups (broad SMARTS) is 1. The molecule has 232 valence electrons. The Labute approximate surface area is 253 Å². The van der Waals surface area contributed by atoms with Gasteiger partial charge < -0.3 is 19.3 Å². The number of hydrogen-bond donors (Lipinski definition) is 1. The van der Waals surface area contributed by atoms with Gasteiger partial charge in [0, 0.05) is 5.57 Å². The number of hydrogen-bond acceptors (Lipinski definition) is 5. The Balaban J connectivity index is 0.000000420. The van der Waals surface area contributed by atoms with Crippen molar-refractivity contribution in [1.29, 1.82) is 0 Å². The summed E-state index contributed by atoms with van der Waals surface area (Å²) in [6.07, 6.45) is 14.7. The fraction of sp³-hybridized carbons (Fsp3) is 0.500. The molecule has 0 aliphatic heterocycles. The lowest BCUT2D eigenvalue weighted by Crippen LogP contribution is -2.19. The summed E-state index contributed by atoms with van der Waals surface area (Å²) in [6, 6.07) is 19.3. The summed E-state index contributed by atoms with van der Waals surface area (Å²) >= 11 is 0. The second-order valence-corrected chi connectivity index (χ2v) is 10.3. The molecule has 42 heavy (non-hydrogen) atoms. The molecule has 2 aromatic carbocycles. The molecule has 1 unspecified atom stereocenters. The second kappa shape index (κ2) is 23.1. The molecule has 0 spiro atoms. The molecule has 0 aromatic heterocycles. The third kappa shape index (κ3) is 14.9.